The Kier molecular flexibility index (Phi) is 6.11. The molecule has 0 bridgehead atoms. The number of aliphatic hydroxyl groups is 1. The number of rotatable bonds is 6. The van der Waals surface area contributed by atoms with Gasteiger partial charge < -0.3 is 15.3 Å². The van der Waals surface area contributed by atoms with Crippen molar-refractivity contribution in [2.45, 2.75) is 19.9 Å². The van der Waals surface area contributed by atoms with E-state index in [0.717, 1.165) is 0 Å². The Bertz CT molecular complexity index is 477. The first-order chi connectivity index (χ1) is 9.47. The van der Waals surface area contributed by atoms with Crippen LogP contribution in [0.3, 0.4) is 0 Å². The maximum atomic E-state index is 13.4. The zero-order chi connectivity index (χ0) is 15.1. The van der Waals surface area contributed by atoms with Crippen LogP contribution in [0.25, 0.3) is 0 Å². The van der Waals surface area contributed by atoms with Crippen LogP contribution in [0, 0.1) is 5.82 Å². The minimum atomic E-state index is -0.635. The summed E-state index contributed by atoms with van der Waals surface area (Å²) in [7, 11) is 0. The van der Waals surface area contributed by atoms with E-state index in [-0.39, 0.29) is 37.2 Å². The highest BCUT2D eigenvalue weighted by molar-refractivity contribution is 5.96. The number of aliphatic hydroxyl groups excluding tert-OH is 1. The van der Waals surface area contributed by atoms with Gasteiger partial charge in [-0.2, -0.15) is 0 Å². The van der Waals surface area contributed by atoms with Gasteiger partial charge in [0.15, 0.2) is 0 Å². The molecule has 2 amide bonds. The molecule has 0 aliphatic rings. The van der Waals surface area contributed by atoms with Crippen molar-refractivity contribution >= 4 is 11.8 Å². The summed E-state index contributed by atoms with van der Waals surface area (Å²) in [4.78, 5) is 25.1. The standard InChI is InChI=1S/C14H19FN2O3/c1-10(2)17(7-8-18)13(19)9-16-14(20)11-5-3-4-6-12(11)15/h3-6,10,18H,7-9H2,1-2H3,(H,16,20). The molecule has 0 radical (unpaired) electrons. The molecule has 2 N–H and O–H groups in total. The number of halogens is 1. The maximum absolute atomic E-state index is 13.4. The van der Waals surface area contributed by atoms with Crippen molar-refractivity contribution < 1.29 is 19.1 Å². The van der Waals surface area contributed by atoms with Gasteiger partial charge in [-0.05, 0) is 26.0 Å². The summed E-state index contributed by atoms with van der Waals surface area (Å²) in [6.07, 6.45) is 0. The van der Waals surface area contributed by atoms with Gasteiger partial charge in [0, 0.05) is 12.6 Å². The first-order valence-electron chi connectivity index (χ1n) is 6.40. The van der Waals surface area contributed by atoms with Gasteiger partial charge in [0.2, 0.25) is 5.91 Å². The lowest BCUT2D eigenvalue weighted by Gasteiger charge is -2.26. The lowest BCUT2D eigenvalue weighted by molar-refractivity contribution is -0.132. The minimum absolute atomic E-state index is 0.0833. The van der Waals surface area contributed by atoms with Gasteiger partial charge in [-0.3, -0.25) is 9.59 Å². The number of benzene rings is 1. The Hall–Kier alpha value is -1.95. The Morgan fingerprint density at radius 1 is 1.35 bits per heavy atom. The van der Waals surface area contributed by atoms with Crippen LogP contribution >= 0.6 is 0 Å². The molecule has 0 heterocycles. The zero-order valence-electron chi connectivity index (χ0n) is 11.6. The van der Waals surface area contributed by atoms with Crippen molar-refractivity contribution in [3.63, 3.8) is 0 Å². The summed E-state index contributed by atoms with van der Waals surface area (Å²) in [5.41, 5.74) is -0.0986. The van der Waals surface area contributed by atoms with Gasteiger partial charge in [0.05, 0.1) is 18.7 Å². The summed E-state index contributed by atoms with van der Waals surface area (Å²) in [5.74, 6) is -1.59. The quantitative estimate of drug-likeness (QED) is 0.810. The third-order valence-corrected chi connectivity index (χ3v) is 2.80. The van der Waals surface area contributed by atoms with Crippen molar-refractivity contribution in [1.29, 1.82) is 0 Å². The fourth-order valence-corrected chi connectivity index (χ4v) is 1.78. The lowest BCUT2D eigenvalue weighted by atomic mass is 10.2. The average molecular weight is 282 g/mol. The molecule has 0 saturated carbocycles. The van der Waals surface area contributed by atoms with E-state index in [2.05, 4.69) is 5.32 Å². The fourth-order valence-electron chi connectivity index (χ4n) is 1.78. The first kappa shape index (κ1) is 16.1. The number of nitrogens with zero attached hydrogens (tertiary/aromatic N) is 1. The van der Waals surface area contributed by atoms with E-state index in [1.807, 2.05) is 13.8 Å². The predicted molar refractivity (Wildman–Crippen MR) is 72.7 cm³/mol. The Morgan fingerprint density at radius 3 is 2.55 bits per heavy atom. The molecule has 0 spiro atoms. The number of amides is 2. The second-order valence-corrected chi connectivity index (χ2v) is 4.57. The minimum Gasteiger partial charge on any atom is -0.395 e. The zero-order valence-corrected chi connectivity index (χ0v) is 11.6. The van der Waals surface area contributed by atoms with Gasteiger partial charge in [0.25, 0.3) is 5.91 Å². The first-order valence-corrected chi connectivity index (χ1v) is 6.40. The summed E-state index contributed by atoms with van der Waals surface area (Å²) >= 11 is 0. The highest BCUT2D eigenvalue weighted by atomic mass is 19.1. The molecule has 1 aromatic rings. The van der Waals surface area contributed by atoms with Crippen LogP contribution in [0.15, 0.2) is 24.3 Å². The highest BCUT2D eigenvalue weighted by Gasteiger charge is 2.18. The summed E-state index contributed by atoms with van der Waals surface area (Å²) < 4.78 is 13.4. The van der Waals surface area contributed by atoms with Gasteiger partial charge in [-0.25, -0.2) is 4.39 Å². The number of nitrogens with one attached hydrogen (secondary N) is 1. The molecular formula is C14H19FN2O3. The largest absolute Gasteiger partial charge is 0.395 e. The molecule has 0 fully saturated rings. The van der Waals surface area contributed by atoms with Gasteiger partial charge in [-0.15, -0.1) is 0 Å². The summed E-state index contributed by atoms with van der Waals surface area (Å²) in [5, 5.41) is 11.3. The molecule has 20 heavy (non-hydrogen) atoms. The highest BCUT2D eigenvalue weighted by Crippen LogP contribution is 2.06. The molecule has 0 aromatic heterocycles. The predicted octanol–water partition coefficient (Wildman–Crippen LogP) is 0.785. The Balaban J connectivity index is 2.60. The van der Waals surface area contributed by atoms with Gasteiger partial charge in [-0.1, -0.05) is 12.1 Å². The molecule has 6 heteroatoms. The normalized spacial score (nSPS) is 10.4. The van der Waals surface area contributed by atoms with Crippen molar-refractivity contribution in [3.05, 3.63) is 35.6 Å². The van der Waals surface area contributed by atoms with Crippen LogP contribution in [0.2, 0.25) is 0 Å². The topological polar surface area (TPSA) is 69.6 Å². The number of carbonyl (C=O) groups is 2. The molecule has 5 nitrogen and oxygen atoms in total. The molecule has 110 valence electrons. The molecule has 0 unspecified atom stereocenters. The number of hydrogen-bond acceptors (Lipinski definition) is 3. The van der Waals surface area contributed by atoms with E-state index in [9.17, 15) is 14.0 Å². The van der Waals surface area contributed by atoms with Crippen LogP contribution in [0.1, 0.15) is 24.2 Å². The molecule has 0 saturated heterocycles. The van der Waals surface area contributed by atoms with E-state index in [4.69, 9.17) is 5.11 Å². The van der Waals surface area contributed by atoms with Crippen LogP contribution in [0.5, 0.6) is 0 Å². The van der Waals surface area contributed by atoms with Gasteiger partial charge >= 0.3 is 0 Å². The molecule has 0 aliphatic heterocycles. The van der Waals surface area contributed by atoms with Crippen molar-refractivity contribution in [3.8, 4) is 0 Å². The summed E-state index contributed by atoms with van der Waals surface area (Å²) in [6, 6.07) is 5.48. The molecule has 1 aromatic carbocycles. The fraction of sp³-hybridized carbons (Fsp3) is 0.429. The van der Waals surface area contributed by atoms with Crippen molar-refractivity contribution in [2.24, 2.45) is 0 Å². The van der Waals surface area contributed by atoms with Crippen molar-refractivity contribution in [1.82, 2.24) is 10.2 Å². The average Bonchev–Trinajstić information content (AvgIpc) is 2.42. The smallest absolute Gasteiger partial charge is 0.254 e. The number of hydrogen-bond donors (Lipinski definition) is 2. The molecule has 1 rings (SSSR count). The van der Waals surface area contributed by atoms with E-state index in [1.165, 1.54) is 23.1 Å². The third kappa shape index (κ3) is 4.31. The third-order valence-electron chi connectivity index (χ3n) is 2.80. The summed E-state index contributed by atoms with van der Waals surface area (Å²) in [6.45, 7) is 3.45. The van der Waals surface area contributed by atoms with Crippen LogP contribution in [-0.2, 0) is 4.79 Å². The van der Waals surface area contributed by atoms with E-state index < -0.39 is 11.7 Å². The number of carbonyl (C=O) groups excluding carboxylic acids is 2. The Morgan fingerprint density at radius 2 is 2.00 bits per heavy atom. The monoisotopic (exact) mass is 282 g/mol. The molecule has 0 atom stereocenters. The second kappa shape index (κ2) is 7.59. The van der Waals surface area contributed by atoms with E-state index >= 15 is 0 Å². The van der Waals surface area contributed by atoms with E-state index in [0.29, 0.717) is 0 Å². The van der Waals surface area contributed by atoms with E-state index in [1.54, 1.807) is 6.07 Å². The van der Waals surface area contributed by atoms with Crippen LogP contribution < -0.4 is 5.32 Å². The Labute approximate surface area is 117 Å². The van der Waals surface area contributed by atoms with Crippen LogP contribution in [-0.4, -0.2) is 47.6 Å². The van der Waals surface area contributed by atoms with Crippen molar-refractivity contribution in [2.75, 3.05) is 19.7 Å². The lowest BCUT2D eigenvalue weighted by Crippen LogP contribution is -2.45. The second-order valence-electron chi connectivity index (χ2n) is 4.57. The van der Waals surface area contributed by atoms with Gasteiger partial charge in [0.1, 0.15) is 5.82 Å². The van der Waals surface area contributed by atoms with Crippen LogP contribution in [0.4, 0.5) is 4.39 Å². The maximum Gasteiger partial charge on any atom is 0.254 e. The SMILES string of the molecule is CC(C)N(CCO)C(=O)CNC(=O)c1ccccc1F. The molecule has 0 aliphatic carbocycles. The molecular weight excluding hydrogens is 263 g/mol.